The number of nitrogens with two attached hydrogens (primary N) is 3. The minimum absolute atomic E-state index is 0.0145. The predicted octanol–water partition coefficient (Wildman–Crippen LogP) is -3.67. The van der Waals surface area contributed by atoms with E-state index >= 15 is 0 Å². The lowest BCUT2D eigenvalue weighted by molar-refractivity contribution is -0.146. The van der Waals surface area contributed by atoms with E-state index in [4.69, 9.17) is 17.2 Å². The van der Waals surface area contributed by atoms with Crippen LogP contribution in [-0.4, -0.2) is 158 Å². The number of carboxylic acids is 2. The molecule has 1 saturated heterocycles. The Morgan fingerprint density at radius 2 is 0.957 bits per heavy atom. The summed E-state index contributed by atoms with van der Waals surface area (Å²) < 4.78 is 0. The lowest BCUT2D eigenvalue weighted by atomic mass is 9.99. The summed E-state index contributed by atoms with van der Waals surface area (Å²) in [7, 11) is 0. The molecule has 16 N–H and O–H groups in total. The van der Waals surface area contributed by atoms with E-state index in [1.807, 2.05) is 0 Å². The quantitative estimate of drug-likeness (QED) is 0.0318. The van der Waals surface area contributed by atoms with E-state index in [1.54, 1.807) is 41.5 Å². The Morgan fingerprint density at radius 3 is 1.41 bits per heavy atom. The molecule has 70 heavy (non-hydrogen) atoms. The summed E-state index contributed by atoms with van der Waals surface area (Å²) in [5, 5.41) is 46.0. The SMILES string of the molecule is CC(C)C[C@H](NC(=O)[C@H](CC(N)=O)NC(=O)[C@H](CCC(N)=O)NC(=O)[C@H](C)N)C(=O)N[C@@H](CCC(=O)O)C(=O)N[C@@H](CC(C)C)C(=O)N1CCC[C@H]1C(=O)N[C@@H](CC(C)C)C(=O)N[C@H](C(=O)O)[C@@H](C)O. The molecule has 0 spiro atoms. The molecule has 26 heteroatoms. The lowest BCUT2D eigenvalue weighted by Gasteiger charge is -2.32. The molecule has 1 aliphatic heterocycles. The Bertz CT molecular complexity index is 1890. The zero-order valence-corrected chi connectivity index (χ0v) is 41.2. The smallest absolute Gasteiger partial charge is 0.328 e. The molecule has 1 rings (SSSR count). The van der Waals surface area contributed by atoms with Gasteiger partial charge in [0.25, 0.3) is 0 Å². The minimum Gasteiger partial charge on any atom is -0.481 e. The Morgan fingerprint density at radius 1 is 0.543 bits per heavy atom. The molecule has 396 valence electrons. The molecule has 0 aromatic rings. The summed E-state index contributed by atoms with van der Waals surface area (Å²) in [6.45, 7) is 13.0. The Hall–Kier alpha value is -6.44. The van der Waals surface area contributed by atoms with Gasteiger partial charge in [-0.1, -0.05) is 41.5 Å². The molecule has 0 aliphatic carbocycles. The average Bonchev–Trinajstić information content (AvgIpc) is 3.73. The van der Waals surface area contributed by atoms with Crippen LogP contribution in [0.1, 0.15) is 120 Å². The molecule has 0 aromatic heterocycles. The number of rotatable bonds is 31. The van der Waals surface area contributed by atoms with Crippen LogP contribution in [0.15, 0.2) is 0 Å². The van der Waals surface area contributed by atoms with E-state index < -0.39 is 151 Å². The molecule has 10 atom stereocenters. The molecule has 10 amide bonds. The number of amides is 10. The van der Waals surface area contributed by atoms with E-state index in [0.717, 1.165) is 0 Å². The number of aliphatic hydroxyl groups excluding tert-OH is 1. The van der Waals surface area contributed by atoms with Crippen LogP contribution in [-0.2, 0) is 57.5 Å². The third-order valence-electron chi connectivity index (χ3n) is 10.9. The van der Waals surface area contributed by atoms with Crippen molar-refractivity contribution in [2.75, 3.05) is 6.54 Å². The standard InChI is InChI=1S/C44H75N11O15/c1-20(2)16-27(50-40(65)29(19-33(47)58)51-37(62)25(11-13-32(46)57)48-36(61)23(7)45)39(64)49-26(12-14-34(59)60)38(63)53-30(18-22(5)6)43(68)55-15-9-10-31(55)42(67)52-28(17-21(3)4)41(66)54-35(24(8)56)44(69)70/h20-31,35,56H,9-19,45H2,1-8H3,(H2,46,57)(H2,47,58)(H,48,61)(H,49,64)(H,50,65)(H,51,62)(H,52,67)(H,53,63)(H,54,66)(H,59,60)(H,69,70)/t23-,24+,25-,26-,27-,28-,29-,30-,31-,35-/m0/s1. The third-order valence-corrected chi connectivity index (χ3v) is 10.9. The van der Waals surface area contributed by atoms with E-state index in [2.05, 4.69) is 37.2 Å². The van der Waals surface area contributed by atoms with Crippen molar-refractivity contribution in [1.82, 2.24) is 42.1 Å². The topological polar surface area (TPSA) is 431 Å². The van der Waals surface area contributed by atoms with Gasteiger partial charge in [-0.2, -0.15) is 0 Å². The highest BCUT2D eigenvalue weighted by Gasteiger charge is 2.41. The summed E-state index contributed by atoms with van der Waals surface area (Å²) in [5.41, 5.74) is 16.2. The molecule has 0 aromatic carbocycles. The molecule has 0 bridgehead atoms. The molecular weight excluding hydrogens is 923 g/mol. The van der Waals surface area contributed by atoms with Gasteiger partial charge in [-0.15, -0.1) is 0 Å². The number of carbonyl (C=O) groups excluding carboxylic acids is 10. The first kappa shape index (κ1) is 61.6. The Kier molecular flexibility index (Phi) is 26.0. The van der Waals surface area contributed by atoms with Crippen LogP contribution in [0.5, 0.6) is 0 Å². The number of aliphatic carboxylic acids is 2. The van der Waals surface area contributed by atoms with Crippen molar-refractivity contribution in [1.29, 1.82) is 0 Å². The zero-order chi connectivity index (χ0) is 53.7. The number of aliphatic hydroxyl groups is 1. The second-order valence-corrected chi connectivity index (χ2v) is 18.9. The molecule has 1 fully saturated rings. The van der Waals surface area contributed by atoms with Crippen molar-refractivity contribution < 1.29 is 72.9 Å². The van der Waals surface area contributed by atoms with Crippen molar-refractivity contribution in [2.24, 2.45) is 35.0 Å². The Labute approximate surface area is 406 Å². The molecule has 26 nitrogen and oxygen atoms in total. The van der Waals surface area contributed by atoms with Gasteiger partial charge in [0.15, 0.2) is 6.04 Å². The van der Waals surface area contributed by atoms with Crippen LogP contribution >= 0.6 is 0 Å². The first-order chi connectivity index (χ1) is 32.4. The van der Waals surface area contributed by atoms with Crippen molar-refractivity contribution in [3.63, 3.8) is 0 Å². The maximum Gasteiger partial charge on any atom is 0.328 e. The van der Waals surface area contributed by atoms with Gasteiger partial charge in [-0.25, -0.2) is 4.79 Å². The fourth-order valence-electron chi connectivity index (χ4n) is 7.41. The molecule has 0 radical (unpaired) electrons. The summed E-state index contributed by atoms with van der Waals surface area (Å²) in [6, 6.07) is -12.7. The maximum atomic E-state index is 14.3. The fraction of sp³-hybridized carbons (Fsp3) is 0.727. The van der Waals surface area contributed by atoms with E-state index in [0.29, 0.717) is 6.42 Å². The third kappa shape index (κ3) is 21.9. The molecule has 0 saturated carbocycles. The van der Waals surface area contributed by atoms with Crippen LogP contribution in [0, 0.1) is 17.8 Å². The highest BCUT2D eigenvalue weighted by molar-refractivity contribution is 5.99. The number of hydrogen-bond donors (Lipinski definition) is 13. The van der Waals surface area contributed by atoms with Crippen LogP contribution < -0.4 is 54.4 Å². The minimum atomic E-state index is -1.74. The van der Waals surface area contributed by atoms with Crippen LogP contribution in [0.4, 0.5) is 0 Å². The first-order valence-corrected chi connectivity index (χ1v) is 23.3. The zero-order valence-electron chi connectivity index (χ0n) is 41.2. The average molecular weight is 998 g/mol. The van der Waals surface area contributed by atoms with Crippen LogP contribution in [0.2, 0.25) is 0 Å². The Balaban J connectivity index is 3.47. The van der Waals surface area contributed by atoms with Crippen molar-refractivity contribution in [3.05, 3.63) is 0 Å². The molecule has 1 aliphatic rings. The summed E-state index contributed by atoms with van der Waals surface area (Å²) in [4.78, 5) is 157. The normalized spacial score (nSPS) is 17.3. The second-order valence-electron chi connectivity index (χ2n) is 18.9. The van der Waals surface area contributed by atoms with Crippen LogP contribution in [0.25, 0.3) is 0 Å². The maximum absolute atomic E-state index is 14.3. The lowest BCUT2D eigenvalue weighted by Crippen LogP contribution is -2.61. The van der Waals surface area contributed by atoms with Gasteiger partial charge >= 0.3 is 11.9 Å². The molecule has 1 heterocycles. The summed E-state index contributed by atoms with van der Waals surface area (Å²) in [6.07, 6.45) is -3.59. The number of primary amides is 2. The number of nitrogens with one attached hydrogen (secondary N) is 7. The van der Waals surface area contributed by atoms with Gasteiger partial charge in [0.1, 0.15) is 42.3 Å². The van der Waals surface area contributed by atoms with Gasteiger partial charge in [-0.05, 0) is 76.5 Å². The van der Waals surface area contributed by atoms with Gasteiger partial charge in [-0.3, -0.25) is 52.7 Å². The van der Waals surface area contributed by atoms with E-state index in [9.17, 15) is 72.9 Å². The number of carboxylic acid groups (broad SMARTS) is 2. The first-order valence-electron chi connectivity index (χ1n) is 23.3. The monoisotopic (exact) mass is 998 g/mol. The summed E-state index contributed by atoms with van der Waals surface area (Å²) in [5.74, 6) is -12.6. The number of likely N-dealkylation sites (tertiary alicyclic amines) is 1. The van der Waals surface area contributed by atoms with Gasteiger partial charge in [0.2, 0.25) is 59.1 Å². The number of hydrogen-bond acceptors (Lipinski definition) is 14. The predicted molar refractivity (Wildman–Crippen MR) is 249 cm³/mol. The van der Waals surface area contributed by atoms with Gasteiger partial charge in [0.05, 0.1) is 18.6 Å². The fourth-order valence-corrected chi connectivity index (χ4v) is 7.41. The van der Waals surface area contributed by atoms with E-state index in [-0.39, 0.29) is 62.8 Å². The molecule has 0 unspecified atom stereocenters. The largest absolute Gasteiger partial charge is 0.481 e. The summed E-state index contributed by atoms with van der Waals surface area (Å²) >= 11 is 0. The highest BCUT2D eigenvalue weighted by Crippen LogP contribution is 2.22. The second kappa shape index (κ2) is 29.6. The van der Waals surface area contributed by atoms with Crippen molar-refractivity contribution >= 4 is 71.0 Å². The molecular formula is C44H75N11O15. The highest BCUT2D eigenvalue weighted by atomic mass is 16.4. The number of carbonyl (C=O) groups is 12. The van der Waals surface area contributed by atoms with Crippen molar-refractivity contribution in [2.45, 2.75) is 180 Å². The van der Waals surface area contributed by atoms with Gasteiger partial charge < -0.3 is 74.6 Å². The van der Waals surface area contributed by atoms with E-state index in [1.165, 1.54) is 18.7 Å². The number of nitrogens with zero attached hydrogens (tertiary/aromatic N) is 1. The van der Waals surface area contributed by atoms with Crippen molar-refractivity contribution in [3.8, 4) is 0 Å². The van der Waals surface area contributed by atoms with Crippen LogP contribution in [0.3, 0.4) is 0 Å². The van der Waals surface area contributed by atoms with Gasteiger partial charge in [0, 0.05) is 19.4 Å².